The van der Waals surface area contributed by atoms with Crippen molar-refractivity contribution in [3.63, 3.8) is 0 Å². The first kappa shape index (κ1) is 23.0. The number of carbonyl (C=O) groups is 1. The third-order valence-electron chi connectivity index (χ3n) is 4.73. The van der Waals surface area contributed by atoms with E-state index >= 15 is 0 Å². The van der Waals surface area contributed by atoms with E-state index in [1.54, 1.807) is 46.9 Å². The van der Waals surface area contributed by atoms with E-state index in [1.165, 1.54) is 31.4 Å². The van der Waals surface area contributed by atoms with Gasteiger partial charge in [-0.1, -0.05) is 0 Å². The molecule has 0 saturated heterocycles. The average molecular weight is 500 g/mol. The van der Waals surface area contributed by atoms with Crippen molar-refractivity contribution in [1.29, 1.82) is 0 Å². The number of thiazole rings is 1. The molecule has 0 unspecified atom stereocenters. The summed E-state index contributed by atoms with van der Waals surface area (Å²) in [7, 11) is -2.24. The van der Waals surface area contributed by atoms with Crippen LogP contribution in [0.5, 0.6) is 5.75 Å². The lowest BCUT2D eigenvalue weighted by molar-refractivity contribution is 0.0951. The minimum absolute atomic E-state index is 0.0660. The first-order chi connectivity index (χ1) is 15.8. The van der Waals surface area contributed by atoms with Crippen LogP contribution in [0.1, 0.15) is 20.2 Å². The molecule has 170 valence electrons. The van der Waals surface area contributed by atoms with Gasteiger partial charge in [-0.05, 0) is 67.6 Å². The molecule has 0 atom stereocenters. The normalized spacial score (nSPS) is 11.2. The molecule has 0 radical (unpaired) electrons. The third kappa shape index (κ3) is 5.59. The van der Waals surface area contributed by atoms with Gasteiger partial charge in [-0.15, -0.1) is 22.7 Å². The average Bonchev–Trinajstić information content (AvgIpc) is 3.47. The predicted molar refractivity (Wildman–Crippen MR) is 132 cm³/mol. The maximum atomic E-state index is 12.6. The van der Waals surface area contributed by atoms with Gasteiger partial charge >= 0.3 is 0 Å². The van der Waals surface area contributed by atoms with Crippen molar-refractivity contribution in [2.24, 2.45) is 0 Å². The molecule has 0 aliphatic carbocycles. The molecule has 2 N–H and O–H groups in total. The summed E-state index contributed by atoms with van der Waals surface area (Å²) in [6, 6.07) is 16.3. The molecule has 1 amide bonds. The number of rotatable bonds is 8. The molecule has 0 saturated carbocycles. The first-order valence-electron chi connectivity index (χ1n) is 9.90. The largest absolute Gasteiger partial charge is 0.497 e. The van der Waals surface area contributed by atoms with Crippen molar-refractivity contribution in [2.45, 2.75) is 18.4 Å². The molecule has 2 heterocycles. The summed E-state index contributed by atoms with van der Waals surface area (Å²) < 4.78 is 32.8. The minimum Gasteiger partial charge on any atom is -0.497 e. The van der Waals surface area contributed by atoms with Crippen LogP contribution in [0.25, 0.3) is 10.6 Å². The Morgan fingerprint density at radius 3 is 2.39 bits per heavy atom. The van der Waals surface area contributed by atoms with Gasteiger partial charge in [0.1, 0.15) is 5.75 Å². The molecule has 7 nitrogen and oxygen atoms in total. The molecule has 0 bridgehead atoms. The quantitative estimate of drug-likeness (QED) is 0.359. The van der Waals surface area contributed by atoms with Gasteiger partial charge < -0.3 is 10.1 Å². The van der Waals surface area contributed by atoms with Crippen LogP contribution in [0.2, 0.25) is 0 Å². The molecule has 0 aliphatic rings. The number of carbonyl (C=O) groups excluding carboxylic acids is 1. The zero-order chi connectivity index (χ0) is 23.4. The zero-order valence-electron chi connectivity index (χ0n) is 17.9. The fourth-order valence-electron chi connectivity index (χ4n) is 3.02. The van der Waals surface area contributed by atoms with Crippen molar-refractivity contribution >= 4 is 44.3 Å². The highest BCUT2D eigenvalue weighted by molar-refractivity contribution is 7.92. The van der Waals surface area contributed by atoms with E-state index in [0.717, 1.165) is 20.5 Å². The predicted octanol–water partition coefficient (Wildman–Crippen LogP) is 4.92. The Morgan fingerprint density at radius 2 is 1.76 bits per heavy atom. The second-order valence-electron chi connectivity index (χ2n) is 7.06. The lowest BCUT2D eigenvalue weighted by atomic mass is 10.2. The number of ether oxygens (including phenoxy) is 1. The van der Waals surface area contributed by atoms with E-state index in [2.05, 4.69) is 15.0 Å². The third-order valence-corrected chi connectivity index (χ3v) is 8.00. The van der Waals surface area contributed by atoms with Crippen LogP contribution >= 0.6 is 22.7 Å². The standard InChI is InChI=1S/C23H21N3O4S3/c1-15-25-21(14-31-15)22-12-9-19(32-22)13-24-23(27)16-3-10-20(11-4-16)33(28,29)26-17-5-7-18(30-2)8-6-17/h3-12,14,26H,13H2,1-2H3,(H,24,27). The summed E-state index contributed by atoms with van der Waals surface area (Å²) >= 11 is 3.18. The van der Waals surface area contributed by atoms with Crippen molar-refractivity contribution in [3.05, 3.63) is 81.5 Å². The Morgan fingerprint density at radius 1 is 1.03 bits per heavy atom. The molecule has 0 spiro atoms. The highest BCUT2D eigenvalue weighted by Crippen LogP contribution is 2.29. The molecule has 2 aromatic carbocycles. The molecule has 33 heavy (non-hydrogen) atoms. The minimum atomic E-state index is -3.78. The second-order valence-corrected chi connectivity index (χ2v) is 11.0. The summed E-state index contributed by atoms with van der Waals surface area (Å²) in [4.78, 5) is 19.1. The summed E-state index contributed by atoms with van der Waals surface area (Å²) in [6.07, 6.45) is 0. The topological polar surface area (TPSA) is 97.4 Å². The van der Waals surface area contributed by atoms with Gasteiger partial charge in [0, 0.05) is 21.5 Å². The van der Waals surface area contributed by atoms with E-state index in [4.69, 9.17) is 4.74 Å². The van der Waals surface area contributed by atoms with E-state index in [-0.39, 0.29) is 10.8 Å². The van der Waals surface area contributed by atoms with Crippen LogP contribution < -0.4 is 14.8 Å². The van der Waals surface area contributed by atoms with Gasteiger partial charge in [-0.25, -0.2) is 13.4 Å². The maximum Gasteiger partial charge on any atom is 0.261 e. The number of aryl methyl sites for hydroxylation is 1. The maximum absolute atomic E-state index is 12.6. The van der Waals surface area contributed by atoms with Gasteiger partial charge in [0.05, 0.1) is 34.1 Å². The molecule has 10 heteroatoms. The number of benzene rings is 2. The van der Waals surface area contributed by atoms with Crippen molar-refractivity contribution in [3.8, 4) is 16.3 Å². The number of aromatic nitrogens is 1. The Kier molecular flexibility index (Phi) is 6.77. The Hall–Kier alpha value is -3.21. The Balaban J connectivity index is 1.37. The number of anilines is 1. The summed E-state index contributed by atoms with van der Waals surface area (Å²) in [6.45, 7) is 2.35. The van der Waals surface area contributed by atoms with Gasteiger partial charge in [0.15, 0.2) is 0 Å². The molecule has 4 aromatic rings. The van der Waals surface area contributed by atoms with Crippen LogP contribution in [0.3, 0.4) is 0 Å². The van der Waals surface area contributed by atoms with Crippen LogP contribution in [-0.4, -0.2) is 26.4 Å². The Labute approximate surface area is 200 Å². The number of sulfonamides is 1. The number of hydrogen-bond acceptors (Lipinski definition) is 7. The summed E-state index contributed by atoms with van der Waals surface area (Å²) in [5.41, 5.74) is 1.74. The lowest BCUT2D eigenvalue weighted by Crippen LogP contribution is -2.22. The van der Waals surface area contributed by atoms with Gasteiger partial charge in [0.2, 0.25) is 0 Å². The number of hydrogen-bond donors (Lipinski definition) is 2. The number of amides is 1. The molecule has 4 rings (SSSR count). The smallest absolute Gasteiger partial charge is 0.261 e. The monoisotopic (exact) mass is 499 g/mol. The van der Waals surface area contributed by atoms with E-state index in [0.29, 0.717) is 23.5 Å². The van der Waals surface area contributed by atoms with E-state index in [1.807, 2.05) is 24.4 Å². The van der Waals surface area contributed by atoms with Crippen LogP contribution in [0.4, 0.5) is 5.69 Å². The number of methoxy groups -OCH3 is 1. The first-order valence-corrected chi connectivity index (χ1v) is 13.1. The fourth-order valence-corrected chi connectivity index (χ4v) is 5.67. The van der Waals surface area contributed by atoms with Gasteiger partial charge in [-0.2, -0.15) is 0 Å². The molecule has 2 aromatic heterocycles. The SMILES string of the molecule is COc1ccc(NS(=O)(=O)c2ccc(C(=O)NCc3ccc(-c4csc(C)n4)s3)cc2)cc1. The lowest BCUT2D eigenvalue weighted by Gasteiger charge is -2.09. The van der Waals surface area contributed by atoms with Gasteiger partial charge in [0.25, 0.3) is 15.9 Å². The van der Waals surface area contributed by atoms with E-state index in [9.17, 15) is 13.2 Å². The number of nitrogens with one attached hydrogen (secondary N) is 2. The number of thiophene rings is 1. The molecule has 0 fully saturated rings. The van der Waals surface area contributed by atoms with Crippen LogP contribution in [0, 0.1) is 6.92 Å². The van der Waals surface area contributed by atoms with Gasteiger partial charge in [-0.3, -0.25) is 9.52 Å². The molecule has 0 aliphatic heterocycles. The molecular formula is C23H21N3O4S3. The highest BCUT2D eigenvalue weighted by atomic mass is 32.2. The van der Waals surface area contributed by atoms with Crippen molar-refractivity contribution in [1.82, 2.24) is 10.3 Å². The highest BCUT2D eigenvalue weighted by Gasteiger charge is 2.16. The number of nitrogens with zero attached hydrogens (tertiary/aromatic N) is 1. The van der Waals surface area contributed by atoms with Crippen molar-refractivity contribution in [2.75, 3.05) is 11.8 Å². The second kappa shape index (κ2) is 9.74. The van der Waals surface area contributed by atoms with Crippen molar-refractivity contribution < 1.29 is 17.9 Å². The van der Waals surface area contributed by atoms with Crippen LogP contribution in [-0.2, 0) is 16.6 Å². The summed E-state index contributed by atoms with van der Waals surface area (Å²) in [5.74, 6) is 0.354. The summed E-state index contributed by atoms with van der Waals surface area (Å²) in [5, 5.41) is 5.90. The fraction of sp³-hybridized carbons (Fsp3) is 0.130. The Bertz CT molecular complexity index is 1360. The van der Waals surface area contributed by atoms with E-state index < -0.39 is 10.0 Å². The molecular weight excluding hydrogens is 478 g/mol. The zero-order valence-corrected chi connectivity index (χ0v) is 20.3. The van der Waals surface area contributed by atoms with Crippen LogP contribution in [0.15, 0.2) is 70.9 Å².